The summed E-state index contributed by atoms with van der Waals surface area (Å²) < 4.78 is 1.95. The molecule has 120 valence electrons. The van der Waals surface area contributed by atoms with Crippen molar-refractivity contribution in [2.75, 3.05) is 19.6 Å². The molecule has 2 bridgehead atoms. The first kappa shape index (κ1) is 15.5. The molecule has 4 rings (SSSR count). The number of fused-ring (bicyclic) bond motifs is 2. The Labute approximate surface area is 149 Å². The predicted octanol–water partition coefficient (Wildman–Crippen LogP) is 3.99. The van der Waals surface area contributed by atoms with E-state index in [0.29, 0.717) is 12.0 Å². The van der Waals surface area contributed by atoms with Crippen molar-refractivity contribution in [2.45, 2.75) is 21.6 Å². The number of carbonyl (C=O) groups excluding carboxylic acids is 1. The SMILES string of the molecule is O=C(NC1CN2CCC1C2)c1ccc(Sc2ccc(Cl)s2)cc1. The molecule has 6 heteroatoms. The zero-order chi connectivity index (χ0) is 15.8. The van der Waals surface area contributed by atoms with Gasteiger partial charge in [-0.2, -0.15) is 0 Å². The fraction of sp³-hybridized carbons (Fsp3) is 0.353. The van der Waals surface area contributed by atoms with E-state index in [0.717, 1.165) is 32.1 Å². The maximum absolute atomic E-state index is 12.4. The van der Waals surface area contributed by atoms with Crippen LogP contribution in [0.5, 0.6) is 0 Å². The number of nitrogens with one attached hydrogen (secondary N) is 1. The number of halogens is 1. The largest absolute Gasteiger partial charge is 0.348 e. The van der Waals surface area contributed by atoms with Gasteiger partial charge in [-0.15, -0.1) is 11.3 Å². The summed E-state index contributed by atoms with van der Waals surface area (Å²) in [6, 6.07) is 12.0. The van der Waals surface area contributed by atoms with Crippen LogP contribution in [0.2, 0.25) is 4.34 Å². The van der Waals surface area contributed by atoms with Gasteiger partial charge in [0.1, 0.15) is 0 Å². The molecular formula is C17H17ClN2OS2. The lowest BCUT2D eigenvalue weighted by Gasteiger charge is -2.23. The van der Waals surface area contributed by atoms with Gasteiger partial charge in [0.25, 0.3) is 5.91 Å². The van der Waals surface area contributed by atoms with Gasteiger partial charge >= 0.3 is 0 Å². The van der Waals surface area contributed by atoms with Crippen LogP contribution in [-0.2, 0) is 0 Å². The van der Waals surface area contributed by atoms with Crippen molar-refractivity contribution in [1.82, 2.24) is 10.2 Å². The van der Waals surface area contributed by atoms with E-state index in [9.17, 15) is 4.79 Å². The molecule has 2 fully saturated rings. The average molecular weight is 365 g/mol. The van der Waals surface area contributed by atoms with Crippen LogP contribution >= 0.6 is 34.7 Å². The van der Waals surface area contributed by atoms with E-state index in [4.69, 9.17) is 11.6 Å². The molecule has 1 N–H and O–H groups in total. The van der Waals surface area contributed by atoms with Gasteiger partial charge in [-0.25, -0.2) is 0 Å². The topological polar surface area (TPSA) is 32.3 Å². The highest BCUT2D eigenvalue weighted by Gasteiger charge is 2.38. The van der Waals surface area contributed by atoms with Gasteiger partial charge in [-0.3, -0.25) is 4.79 Å². The maximum Gasteiger partial charge on any atom is 0.251 e. The second-order valence-corrected chi connectivity index (χ2v) is 9.16. The van der Waals surface area contributed by atoms with Crippen molar-refractivity contribution in [2.24, 2.45) is 5.92 Å². The smallest absolute Gasteiger partial charge is 0.251 e. The molecule has 3 nitrogen and oxygen atoms in total. The first-order valence-electron chi connectivity index (χ1n) is 7.74. The Hall–Kier alpha value is -1.01. The highest BCUT2D eigenvalue weighted by atomic mass is 35.5. The van der Waals surface area contributed by atoms with Crippen LogP contribution in [-0.4, -0.2) is 36.5 Å². The molecule has 1 amide bonds. The molecule has 0 radical (unpaired) electrons. The summed E-state index contributed by atoms with van der Waals surface area (Å²) in [6.45, 7) is 3.34. The lowest BCUT2D eigenvalue weighted by molar-refractivity contribution is 0.0924. The van der Waals surface area contributed by atoms with Crippen molar-refractivity contribution < 1.29 is 4.79 Å². The number of rotatable bonds is 4. The van der Waals surface area contributed by atoms with E-state index in [1.807, 2.05) is 36.4 Å². The van der Waals surface area contributed by atoms with E-state index in [1.165, 1.54) is 13.0 Å². The van der Waals surface area contributed by atoms with Crippen molar-refractivity contribution in [3.8, 4) is 0 Å². The first-order chi connectivity index (χ1) is 11.2. The number of nitrogens with zero attached hydrogens (tertiary/aromatic N) is 1. The maximum atomic E-state index is 12.4. The van der Waals surface area contributed by atoms with Crippen LogP contribution in [0.15, 0.2) is 45.5 Å². The van der Waals surface area contributed by atoms with E-state index in [-0.39, 0.29) is 5.91 Å². The van der Waals surface area contributed by atoms with Crippen molar-refractivity contribution in [3.63, 3.8) is 0 Å². The van der Waals surface area contributed by atoms with Gasteiger partial charge in [0, 0.05) is 29.6 Å². The average Bonchev–Trinajstić information content (AvgIpc) is 3.25. The molecule has 0 aliphatic carbocycles. The van der Waals surface area contributed by atoms with Gasteiger partial charge in [0.15, 0.2) is 0 Å². The summed E-state index contributed by atoms with van der Waals surface area (Å²) in [7, 11) is 0. The van der Waals surface area contributed by atoms with Crippen molar-refractivity contribution >= 4 is 40.6 Å². The number of hydrogen-bond acceptors (Lipinski definition) is 4. The molecule has 2 aliphatic rings. The standard InChI is InChI=1S/C17H17ClN2OS2/c18-15-5-6-16(23-15)22-13-3-1-11(2-4-13)17(21)19-14-10-20-8-7-12(14)9-20/h1-6,12,14H,7-10H2,(H,19,21). The van der Waals surface area contributed by atoms with Crippen LogP contribution in [0.4, 0.5) is 0 Å². The molecule has 1 aromatic heterocycles. The van der Waals surface area contributed by atoms with Gasteiger partial charge < -0.3 is 10.2 Å². The molecule has 3 unspecified atom stereocenters. The Bertz CT molecular complexity index is 716. The van der Waals surface area contributed by atoms with E-state index in [1.54, 1.807) is 23.1 Å². The van der Waals surface area contributed by atoms with Crippen LogP contribution in [0.3, 0.4) is 0 Å². The lowest BCUT2D eigenvalue weighted by Crippen LogP contribution is -2.43. The van der Waals surface area contributed by atoms with Gasteiger partial charge in [0.2, 0.25) is 0 Å². The summed E-state index contributed by atoms with van der Waals surface area (Å²) in [4.78, 5) is 15.9. The normalized spacial score (nSPS) is 25.7. The first-order valence-corrected chi connectivity index (χ1v) is 9.75. The summed E-state index contributed by atoms with van der Waals surface area (Å²) in [5.41, 5.74) is 0.733. The Balaban J connectivity index is 1.38. The van der Waals surface area contributed by atoms with Crippen molar-refractivity contribution in [1.29, 1.82) is 0 Å². The van der Waals surface area contributed by atoms with Gasteiger partial charge in [-0.05, 0) is 55.3 Å². The molecular weight excluding hydrogens is 348 g/mol. The van der Waals surface area contributed by atoms with Crippen LogP contribution in [0, 0.1) is 5.92 Å². The number of benzene rings is 1. The Kier molecular flexibility index (Phi) is 4.37. The van der Waals surface area contributed by atoms with Gasteiger partial charge in [-0.1, -0.05) is 23.4 Å². The molecule has 2 aliphatic heterocycles. The number of thiophene rings is 1. The minimum Gasteiger partial charge on any atom is -0.348 e. The molecule has 2 aromatic rings. The molecule has 2 saturated heterocycles. The monoisotopic (exact) mass is 364 g/mol. The zero-order valence-corrected chi connectivity index (χ0v) is 14.9. The summed E-state index contributed by atoms with van der Waals surface area (Å²) in [6.07, 6.45) is 1.21. The third-order valence-corrected chi connectivity index (χ3v) is 6.90. The molecule has 23 heavy (non-hydrogen) atoms. The molecule has 0 spiro atoms. The Morgan fingerprint density at radius 2 is 2.04 bits per heavy atom. The van der Waals surface area contributed by atoms with Crippen LogP contribution in [0.1, 0.15) is 16.8 Å². The van der Waals surface area contributed by atoms with E-state index in [2.05, 4.69) is 10.2 Å². The molecule has 3 heterocycles. The second kappa shape index (κ2) is 6.48. The second-order valence-electron chi connectivity index (χ2n) is 6.07. The zero-order valence-electron chi connectivity index (χ0n) is 12.5. The summed E-state index contributed by atoms with van der Waals surface area (Å²) in [5, 5.41) is 3.20. The van der Waals surface area contributed by atoms with Crippen molar-refractivity contribution in [3.05, 3.63) is 46.3 Å². The highest BCUT2D eigenvalue weighted by molar-refractivity contribution is 8.01. The minimum atomic E-state index is 0.0412. The Morgan fingerprint density at radius 1 is 1.22 bits per heavy atom. The number of carbonyl (C=O) groups is 1. The third kappa shape index (κ3) is 3.43. The molecule has 0 saturated carbocycles. The molecule has 1 aromatic carbocycles. The highest BCUT2D eigenvalue weighted by Crippen LogP contribution is 2.35. The fourth-order valence-corrected chi connectivity index (χ4v) is 5.62. The van der Waals surface area contributed by atoms with Crippen LogP contribution in [0.25, 0.3) is 0 Å². The number of amides is 1. The predicted molar refractivity (Wildman–Crippen MR) is 95.7 cm³/mol. The Morgan fingerprint density at radius 3 is 2.65 bits per heavy atom. The summed E-state index contributed by atoms with van der Waals surface area (Å²) >= 11 is 9.18. The molecule has 3 atom stereocenters. The fourth-order valence-electron chi connectivity index (χ4n) is 3.34. The number of hydrogen-bond donors (Lipinski definition) is 1. The number of piperidine rings is 1. The lowest BCUT2D eigenvalue weighted by atomic mass is 9.99. The van der Waals surface area contributed by atoms with Gasteiger partial charge in [0.05, 0.1) is 8.55 Å². The quantitative estimate of drug-likeness (QED) is 0.890. The summed E-state index contributed by atoms with van der Waals surface area (Å²) in [5.74, 6) is 0.678. The van der Waals surface area contributed by atoms with Crippen LogP contribution < -0.4 is 5.32 Å². The van der Waals surface area contributed by atoms with E-state index >= 15 is 0 Å². The van der Waals surface area contributed by atoms with E-state index < -0.39 is 0 Å². The minimum absolute atomic E-state index is 0.0412. The third-order valence-electron chi connectivity index (χ3n) is 4.53.